The van der Waals surface area contributed by atoms with Crippen molar-refractivity contribution in [1.29, 1.82) is 0 Å². The highest BCUT2D eigenvalue weighted by Crippen LogP contribution is 2.24. The van der Waals surface area contributed by atoms with Gasteiger partial charge in [-0.15, -0.1) is 11.3 Å². The molecule has 1 aliphatic heterocycles. The van der Waals surface area contributed by atoms with E-state index in [2.05, 4.69) is 35.7 Å². The van der Waals surface area contributed by atoms with Crippen LogP contribution in [-0.2, 0) is 29.5 Å². The third kappa shape index (κ3) is 7.19. The number of aromatic amines is 1. The number of H-pyrrole nitrogens is 1. The summed E-state index contributed by atoms with van der Waals surface area (Å²) < 4.78 is 33.4. The topological polar surface area (TPSA) is 310 Å². The molecule has 0 radical (unpaired) electrons. The number of hydrogen-bond donors (Lipinski definition) is 7. The molecule has 45 heavy (non-hydrogen) atoms. The fourth-order valence-corrected chi connectivity index (χ4v) is 5.13. The molecule has 1 aliphatic rings. The molecule has 0 bridgehead atoms. The van der Waals surface area contributed by atoms with Crippen LogP contribution >= 0.6 is 11.3 Å². The minimum Gasteiger partial charge on any atom is -0.494 e. The van der Waals surface area contributed by atoms with Crippen LogP contribution in [0.1, 0.15) is 29.9 Å². The Morgan fingerprint density at radius 2 is 1.89 bits per heavy atom. The third-order valence-electron chi connectivity index (χ3n) is 6.02. The molecular formula is C23H23N9O11S2. The number of β-lactam (4-membered cyclic amide) rings is 1. The van der Waals surface area contributed by atoms with Gasteiger partial charge in [0.25, 0.3) is 17.7 Å². The first-order chi connectivity index (χ1) is 21.0. The second kappa shape index (κ2) is 12.3. The number of thiazole rings is 1. The summed E-state index contributed by atoms with van der Waals surface area (Å²) in [5, 5.41) is 28.3. The zero-order valence-corrected chi connectivity index (χ0v) is 24.6. The van der Waals surface area contributed by atoms with E-state index >= 15 is 0 Å². The lowest BCUT2D eigenvalue weighted by Crippen LogP contribution is -2.74. The molecule has 3 aromatic heterocycles. The van der Waals surface area contributed by atoms with Gasteiger partial charge in [-0.25, -0.2) is 24.1 Å². The molecule has 4 heterocycles. The van der Waals surface area contributed by atoms with E-state index in [0.29, 0.717) is 0 Å². The van der Waals surface area contributed by atoms with E-state index in [-0.39, 0.29) is 32.2 Å². The van der Waals surface area contributed by atoms with Gasteiger partial charge in [0.1, 0.15) is 11.7 Å². The lowest BCUT2D eigenvalue weighted by Gasteiger charge is -2.44. The Bertz CT molecular complexity index is 1870. The highest BCUT2D eigenvalue weighted by Gasteiger charge is 2.54. The maximum atomic E-state index is 13.2. The van der Waals surface area contributed by atoms with Crippen molar-refractivity contribution in [3.8, 4) is 17.4 Å². The Hall–Kier alpha value is -5.48. The Kier molecular flexibility index (Phi) is 8.83. The number of carboxylic acids is 1. The fourth-order valence-electron chi connectivity index (χ4n) is 3.70. The number of nitrogen functional groups attached to an aromatic ring is 1. The zero-order valence-electron chi connectivity index (χ0n) is 23.0. The number of amides is 3. The van der Waals surface area contributed by atoms with E-state index in [4.69, 9.17) is 10.6 Å². The monoisotopic (exact) mass is 665 g/mol. The van der Waals surface area contributed by atoms with Crippen molar-refractivity contribution in [2.24, 2.45) is 5.16 Å². The number of hydrogen-bond acceptors (Lipinski definition) is 15. The van der Waals surface area contributed by atoms with Crippen molar-refractivity contribution in [3.05, 3.63) is 51.4 Å². The van der Waals surface area contributed by atoms with Gasteiger partial charge in [0.05, 0.1) is 17.3 Å². The molecule has 3 aromatic rings. The molecule has 0 saturated carbocycles. The number of pyridine rings is 1. The minimum atomic E-state index is -5.14. The summed E-state index contributed by atoms with van der Waals surface area (Å²) in [4.78, 5) is 80.9. The van der Waals surface area contributed by atoms with Gasteiger partial charge in [-0.3, -0.25) is 23.7 Å². The van der Waals surface area contributed by atoms with Crippen LogP contribution in [0.15, 0.2) is 39.9 Å². The average molecular weight is 666 g/mol. The molecule has 4 rings (SSSR count). The smallest absolute Gasteiger partial charge is 0.362 e. The molecule has 3 amide bonds. The largest absolute Gasteiger partial charge is 0.494 e. The number of nitrogens with one attached hydrogen (secondary N) is 3. The van der Waals surface area contributed by atoms with Crippen LogP contribution in [0.5, 0.6) is 5.88 Å². The zero-order chi connectivity index (χ0) is 33.3. The molecule has 1 saturated heterocycles. The maximum absolute atomic E-state index is 13.2. The Balaban J connectivity index is 1.52. The van der Waals surface area contributed by atoms with Crippen molar-refractivity contribution in [2.75, 3.05) is 12.3 Å². The van der Waals surface area contributed by atoms with Crippen LogP contribution in [0, 0.1) is 0 Å². The number of anilines is 1. The third-order valence-corrected chi connectivity index (χ3v) is 7.64. The molecule has 22 heteroatoms. The van der Waals surface area contributed by atoms with Gasteiger partial charge in [-0.05, 0) is 13.8 Å². The van der Waals surface area contributed by atoms with Gasteiger partial charge < -0.3 is 36.4 Å². The summed E-state index contributed by atoms with van der Waals surface area (Å²) >= 11 is 0.905. The predicted octanol–water partition coefficient (Wildman–Crippen LogP) is -1.91. The molecular weight excluding hydrogens is 642 g/mol. The summed E-state index contributed by atoms with van der Waals surface area (Å²) in [7, 11) is -5.14. The van der Waals surface area contributed by atoms with E-state index in [1.54, 1.807) is 0 Å². The summed E-state index contributed by atoms with van der Waals surface area (Å²) in [6.07, 6.45) is 2.12. The maximum Gasteiger partial charge on any atom is 0.362 e. The first-order valence-corrected chi connectivity index (χ1v) is 14.6. The highest BCUT2D eigenvalue weighted by molar-refractivity contribution is 7.84. The van der Waals surface area contributed by atoms with Crippen molar-refractivity contribution < 1.29 is 47.2 Å². The van der Waals surface area contributed by atoms with Crippen molar-refractivity contribution in [1.82, 2.24) is 34.9 Å². The number of carbonyl (C=O) groups excluding carboxylic acids is 3. The van der Waals surface area contributed by atoms with Crippen molar-refractivity contribution in [2.45, 2.75) is 31.5 Å². The van der Waals surface area contributed by atoms with Crippen LogP contribution in [0.25, 0.3) is 11.5 Å². The molecule has 0 unspecified atom stereocenters. The molecule has 1 fully saturated rings. The fraction of sp³-hybridized carbons (Fsp3) is 0.261. The van der Waals surface area contributed by atoms with Gasteiger partial charge in [0, 0.05) is 36.5 Å². The van der Waals surface area contributed by atoms with E-state index in [9.17, 15) is 47.2 Å². The molecule has 0 spiro atoms. The highest BCUT2D eigenvalue weighted by atomic mass is 32.2. The Labute approximate surface area is 255 Å². The Morgan fingerprint density at radius 1 is 1.22 bits per heavy atom. The average Bonchev–Trinajstić information content (AvgIpc) is 3.37. The number of oxime groups is 1. The quantitative estimate of drug-likeness (QED) is 0.0508. The summed E-state index contributed by atoms with van der Waals surface area (Å²) in [6, 6.07) is -1.12. The number of nitrogens with zero attached hydrogens (tertiary/aromatic N) is 5. The first-order valence-electron chi connectivity index (χ1n) is 12.3. The van der Waals surface area contributed by atoms with Crippen LogP contribution in [0.4, 0.5) is 5.13 Å². The number of aromatic nitrogens is 4. The summed E-state index contributed by atoms with van der Waals surface area (Å²) in [6.45, 7) is 1.68. The molecule has 2 atom stereocenters. The normalized spacial score (nSPS) is 16.9. The molecule has 8 N–H and O–H groups in total. The Morgan fingerprint density at radius 3 is 2.44 bits per heavy atom. The second-order valence-corrected chi connectivity index (χ2v) is 11.8. The SMILES string of the molecule is CC(C)(O/N=C(\C(=O)N[C@@H]1C(=O)N(S(=O)(=O)O)[C@@H]1CNC(=O)c1cnc(-c2cc(=O)cc(O)[nH]2)nc1)c1csc(N)n1)C(=O)O. The molecule has 0 aliphatic carbocycles. The first kappa shape index (κ1) is 32.4. The van der Waals surface area contributed by atoms with E-state index < -0.39 is 75.2 Å². The van der Waals surface area contributed by atoms with Crippen molar-refractivity contribution >= 4 is 56.2 Å². The number of carboxylic acid groups (broad SMARTS) is 1. The van der Waals surface area contributed by atoms with Crippen molar-refractivity contribution in [3.63, 3.8) is 0 Å². The number of carbonyl (C=O) groups is 4. The van der Waals surface area contributed by atoms with E-state index in [0.717, 1.165) is 49.7 Å². The van der Waals surface area contributed by atoms with Crippen LogP contribution in [0.2, 0.25) is 0 Å². The standard InChI is InChI=1S/C23H23N9O11S2/c1-23(2,21(38)39)43-31-15(12-8-44-22(24)29-12)19(36)30-16-13(32(20(16)37)45(40,41)42)7-27-18(35)9-5-25-17(26-6-9)11-3-10(33)4-14(34)28-11/h3-6,8,13,16H,7H2,1-2H3,(H2,24,29)(H,27,35)(H,30,36)(H,38,39)(H2,28,33,34)(H,40,41,42)/b31-15-/t13-,16+/m1/s1. The molecule has 20 nitrogen and oxygen atoms in total. The van der Waals surface area contributed by atoms with Gasteiger partial charge in [0.15, 0.2) is 28.0 Å². The number of aromatic hydroxyl groups is 1. The molecule has 0 aromatic carbocycles. The molecule has 238 valence electrons. The van der Waals surface area contributed by atoms with Gasteiger partial charge in [-0.2, -0.15) is 8.42 Å². The summed E-state index contributed by atoms with van der Waals surface area (Å²) in [5.74, 6) is -5.17. The lowest BCUT2D eigenvalue weighted by molar-refractivity contribution is -0.161. The van der Waals surface area contributed by atoms with Gasteiger partial charge in [-0.1, -0.05) is 5.16 Å². The predicted molar refractivity (Wildman–Crippen MR) is 152 cm³/mol. The summed E-state index contributed by atoms with van der Waals surface area (Å²) in [5.41, 5.74) is 2.35. The second-order valence-electron chi connectivity index (χ2n) is 9.67. The van der Waals surface area contributed by atoms with E-state index in [1.165, 1.54) is 5.38 Å². The van der Waals surface area contributed by atoms with Gasteiger partial charge in [0.2, 0.25) is 5.60 Å². The minimum absolute atomic E-state index is 0.00747. The lowest BCUT2D eigenvalue weighted by atomic mass is 9.98. The number of nitrogens with two attached hydrogens (primary N) is 1. The van der Waals surface area contributed by atoms with Crippen LogP contribution < -0.4 is 21.8 Å². The number of rotatable bonds is 11. The number of aliphatic carboxylic acids is 1. The van der Waals surface area contributed by atoms with Gasteiger partial charge >= 0.3 is 16.3 Å². The van der Waals surface area contributed by atoms with Crippen LogP contribution in [0.3, 0.4) is 0 Å². The van der Waals surface area contributed by atoms with E-state index in [1.807, 2.05) is 0 Å². The van der Waals surface area contributed by atoms with Crippen LogP contribution in [-0.4, -0.2) is 101 Å².